The first-order valence-corrected chi connectivity index (χ1v) is 19.1. The first-order valence-electron chi connectivity index (χ1n) is 19.1. The minimum absolute atomic E-state index is 0.0313. The fourth-order valence-electron chi connectivity index (χ4n) is 9.33. The highest BCUT2D eigenvalue weighted by Crippen LogP contribution is 2.50. The molecule has 0 amide bonds. The number of benzene rings is 3. The second-order valence-corrected chi connectivity index (χ2v) is 16.3. The third-order valence-electron chi connectivity index (χ3n) is 12.2. The zero-order chi connectivity index (χ0) is 40.0. The lowest BCUT2D eigenvalue weighted by Gasteiger charge is -2.48. The molecule has 2 unspecified atom stereocenters. The lowest BCUT2D eigenvalue weighted by Crippen LogP contribution is -2.69. The summed E-state index contributed by atoms with van der Waals surface area (Å²) in [5, 5.41) is 27.2. The summed E-state index contributed by atoms with van der Waals surface area (Å²) in [5.41, 5.74) is -3.01. The van der Waals surface area contributed by atoms with E-state index < -0.39 is 41.9 Å². The molecular weight excluding hydrogens is 749 g/mol. The molecule has 0 spiro atoms. The molecule has 4 aliphatic rings. The zero-order valence-corrected chi connectivity index (χ0v) is 31.5. The van der Waals surface area contributed by atoms with Gasteiger partial charge in [0.15, 0.2) is 11.4 Å². The van der Waals surface area contributed by atoms with Crippen molar-refractivity contribution < 1.29 is 41.6 Å². The maximum absolute atomic E-state index is 17.8. The number of phenols is 1. The molecule has 5 heterocycles. The van der Waals surface area contributed by atoms with Crippen molar-refractivity contribution in [1.82, 2.24) is 29.5 Å². The molecule has 0 radical (unpaired) electrons. The van der Waals surface area contributed by atoms with Gasteiger partial charge in [-0.15, -0.1) is 6.42 Å². The number of halogens is 5. The van der Waals surface area contributed by atoms with Crippen LogP contribution in [0.5, 0.6) is 11.8 Å². The molecule has 9 rings (SSSR count). The van der Waals surface area contributed by atoms with Gasteiger partial charge in [-0.2, -0.15) is 28.2 Å². The lowest BCUT2D eigenvalue weighted by molar-refractivity contribution is -0.302. The van der Waals surface area contributed by atoms with E-state index in [2.05, 4.69) is 15.7 Å². The number of aromatic nitrogens is 4. The fraction of sp³-hybridized carbons (Fsp3) is 0.488. The number of aromatic hydroxyl groups is 1. The summed E-state index contributed by atoms with van der Waals surface area (Å²) >= 11 is 0. The van der Waals surface area contributed by atoms with E-state index in [0.29, 0.717) is 41.4 Å². The topological polar surface area (TPSA) is 112 Å². The molecule has 5 aromatic rings. The standard InChI is InChI=1S/C41H42F5N7O4/c1-4-27-30(42)9-6-23-14-26(54)15-28(31(23)27)32-34(43)36-33(29-18-50(2)49-35(29)32)37(53-24-7-8-25(53)17-51(16-24)12-5-13-56-3)48-38(47-36)57-22-39(10-11-39)19-52-20-40(55,21-52)41(44,45)46/h1,6,9,14-15,18,24-25,54-55H,5,7-8,10-13,16-17,19-22H2,2-3H3. The van der Waals surface area contributed by atoms with Crippen LogP contribution >= 0.6 is 0 Å². The average Bonchev–Trinajstić information content (AvgIpc) is 3.73. The number of hydrogen-bond donors (Lipinski definition) is 2. The Morgan fingerprint density at radius 1 is 1.02 bits per heavy atom. The molecule has 4 fully saturated rings. The van der Waals surface area contributed by atoms with Crippen LogP contribution in [-0.4, -0.2) is 123 Å². The number of rotatable bonds is 11. The van der Waals surface area contributed by atoms with E-state index >= 15 is 8.78 Å². The maximum Gasteiger partial charge on any atom is 0.419 e. The second-order valence-electron chi connectivity index (χ2n) is 16.3. The number of likely N-dealkylation sites (tertiary alicyclic amines) is 2. The van der Waals surface area contributed by atoms with E-state index in [0.717, 1.165) is 38.9 Å². The summed E-state index contributed by atoms with van der Waals surface area (Å²) in [6.07, 6.45) is 6.91. The van der Waals surface area contributed by atoms with Gasteiger partial charge in [0.05, 0.1) is 17.6 Å². The number of piperazine rings is 1. The first kappa shape index (κ1) is 37.7. The largest absolute Gasteiger partial charge is 0.508 e. The number of ether oxygens (including phenoxy) is 2. The van der Waals surface area contributed by atoms with Crippen LogP contribution in [0.2, 0.25) is 0 Å². The first-order chi connectivity index (χ1) is 27.2. The van der Waals surface area contributed by atoms with E-state index in [9.17, 15) is 23.4 Å². The van der Waals surface area contributed by atoms with Crippen molar-refractivity contribution in [3.05, 3.63) is 47.7 Å². The highest BCUT2D eigenvalue weighted by atomic mass is 19.4. The number of fused-ring (bicyclic) bond motifs is 6. The van der Waals surface area contributed by atoms with Crippen molar-refractivity contribution in [2.75, 3.05) is 64.5 Å². The van der Waals surface area contributed by atoms with Gasteiger partial charge >= 0.3 is 12.2 Å². The predicted octanol–water partition coefficient (Wildman–Crippen LogP) is 5.76. The normalized spacial score (nSPS) is 21.7. The van der Waals surface area contributed by atoms with Gasteiger partial charge in [-0.05, 0) is 61.3 Å². The van der Waals surface area contributed by atoms with Gasteiger partial charge < -0.3 is 24.6 Å². The average molecular weight is 792 g/mol. The second kappa shape index (κ2) is 13.6. The van der Waals surface area contributed by atoms with Crippen LogP contribution in [-0.2, 0) is 11.8 Å². The number of phenolic OH excluding ortho intramolecular Hbond substituents is 1. The Labute approximate surface area is 325 Å². The Morgan fingerprint density at radius 3 is 2.42 bits per heavy atom. The van der Waals surface area contributed by atoms with Gasteiger partial charge in [-0.3, -0.25) is 14.5 Å². The van der Waals surface area contributed by atoms with Gasteiger partial charge in [0.25, 0.3) is 0 Å². The summed E-state index contributed by atoms with van der Waals surface area (Å²) in [5.74, 6) is 1.24. The summed E-state index contributed by atoms with van der Waals surface area (Å²) in [7, 11) is 3.40. The van der Waals surface area contributed by atoms with Crippen molar-refractivity contribution in [2.45, 2.75) is 56.0 Å². The van der Waals surface area contributed by atoms with E-state index in [1.165, 1.54) is 24.3 Å². The molecule has 57 heavy (non-hydrogen) atoms. The Bertz CT molecular complexity index is 2440. The molecule has 300 valence electrons. The molecule has 3 aliphatic heterocycles. The van der Waals surface area contributed by atoms with Crippen molar-refractivity contribution in [2.24, 2.45) is 12.5 Å². The number of aryl methyl sites for hydroxylation is 1. The summed E-state index contributed by atoms with van der Waals surface area (Å²) in [4.78, 5) is 15.9. The molecule has 16 heteroatoms. The van der Waals surface area contributed by atoms with E-state index in [-0.39, 0.29) is 70.1 Å². The maximum atomic E-state index is 17.8. The van der Waals surface area contributed by atoms with Crippen LogP contribution in [0.15, 0.2) is 30.5 Å². The molecular formula is C41H42F5N7O4. The number of hydrogen-bond acceptors (Lipinski definition) is 10. The quantitative estimate of drug-likeness (QED) is 0.0974. The van der Waals surface area contributed by atoms with Crippen molar-refractivity contribution in [1.29, 1.82) is 0 Å². The van der Waals surface area contributed by atoms with E-state index in [4.69, 9.17) is 31.0 Å². The van der Waals surface area contributed by atoms with Gasteiger partial charge in [0, 0.05) is 100 Å². The highest BCUT2D eigenvalue weighted by Gasteiger charge is 2.62. The number of methoxy groups -OCH3 is 1. The summed E-state index contributed by atoms with van der Waals surface area (Å²) in [6.45, 7) is 2.38. The van der Waals surface area contributed by atoms with Crippen molar-refractivity contribution in [3.63, 3.8) is 0 Å². The molecule has 2 atom stereocenters. The van der Waals surface area contributed by atoms with Crippen LogP contribution in [0.1, 0.15) is 37.7 Å². The number of β-amino-alcohol motifs (C(OH)–C–C–N with tert-alkyl or cyclic N) is 1. The zero-order valence-electron chi connectivity index (χ0n) is 31.5. The smallest absolute Gasteiger partial charge is 0.419 e. The third kappa shape index (κ3) is 6.39. The number of alkyl halides is 3. The van der Waals surface area contributed by atoms with Crippen LogP contribution in [0.25, 0.3) is 43.7 Å². The van der Waals surface area contributed by atoms with Gasteiger partial charge in [0.2, 0.25) is 0 Å². The van der Waals surface area contributed by atoms with Crippen LogP contribution in [0, 0.1) is 29.4 Å². The Balaban J connectivity index is 1.17. The minimum atomic E-state index is -4.72. The van der Waals surface area contributed by atoms with E-state index in [1.807, 2.05) is 0 Å². The number of aliphatic hydroxyl groups is 1. The van der Waals surface area contributed by atoms with Crippen LogP contribution in [0.3, 0.4) is 0 Å². The summed E-state index contributed by atoms with van der Waals surface area (Å²) in [6, 6.07) is 5.46. The molecule has 2 bridgehead atoms. The van der Waals surface area contributed by atoms with E-state index in [1.54, 1.807) is 29.9 Å². The molecule has 2 aromatic heterocycles. The van der Waals surface area contributed by atoms with Crippen molar-refractivity contribution >= 4 is 38.4 Å². The van der Waals surface area contributed by atoms with Crippen molar-refractivity contribution in [3.8, 4) is 35.2 Å². The predicted molar refractivity (Wildman–Crippen MR) is 203 cm³/mol. The molecule has 3 aromatic carbocycles. The van der Waals surface area contributed by atoms with Crippen LogP contribution < -0.4 is 9.64 Å². The number of nitrogens with zero attached hydrogens (tertiary/aromatic N) is 7. The fourth-order valence-corrected chi connectivity index (χ4v) is 9.33. The number of terminal acetylenes is 1. The Kier molecular flexibility index (Phi) is 9.04. The summed E-state index contributed by atoms with van der Waals surface area (Å²) < 4.78 is 86.2. The molecule has 3 saturated heterocycles. The molecule has 1 saturated carbocycles. The Morgan fingerprint density at radius 2 is 1.75 bits per heavy atom. The highest BCUT2D eigenvalue weighted by molar-refractivity contribution is 6.18. The Hall–Kier alpha value is -4.82. The lowest BCUT2D eigenvalue weighted by atomic mass is 9.91. The van der Waals surface area contributed by atoms with Crippen LogP contribution in [0.4, 0.5) is 27.8 Å². The minimum Gasteiger partial charge on any atom is -0.508 e. The van der Waals surface area contributed by atoms with Gasteiger partial charge in [0.1, 0.15) is 28.4 Å². The molecule has 2 N–H and O–H groups in total. The monoisotopic (exact) mass is 791 g/mol. The molecule has 1 aliphatic carbocycles. The third-order valence-corrected chi connectivity index (χ3v) is 12.2. The SMILES string of the molecule is C#Cc1c(F)ccc2cc(O)cc(-c3c(F)c4nc(OCC5(CN6CC(O)(C(F)(F)F)C6)CC5)nc(N5C6CCC5CN(CCCOC)C6)c4c4cn(C)nc34)c12. The van der Waals surface area contributed by atoms with Gasteiger partial charge in [-0.1, -0.05) is 12.0 Å². The van der Waals surface area contributed by atoms with Gasteiger partial charge in [-0.25, -0.2) is 8.78 Å². The molecule has 11 nitrogen and oxygen atoms in total. The number of anilines is 1.